The lowest BCUT2D eigenvalue weighted by atomic mass is 10.1. The van der Waals surface area contributed by atoms with Crippen molar-refractivity contribution in [3.8, 4) is 0 Å². The van der Waals surface area contributed by atoms with Crippen LogP contribution in [0, 0.1) is 5.82 Å². The van der Waals surface area contributed by atoms with E-state index in [9.17, 15) is 9.50 Å². The summed E-state index contributed by atoms with van der Waals surface area (Å²) in [5, 5.41) is 9.21. The second-order valence-corrected chi connectivity index (χ2v) is 3.08. The molecule has 0 aliphatic carbocycles. The van der Waals surface area contributed by atoms with Crippen LogP contribution in [0.3, 0.4) is 0 Å². The molecule has 1 aliphatic heterocycles. The number of hydrogen-bond acceptors (Lipinski definition) is 3. The monoisotopic (exact) mass is 195 g/mol. The Morgan fingerprint density at radius 3 is 2.71 bits per heavy atom. The van der Waals surface area contributed by atoms with Crippen molar-refractivity contribution in [1.82, 2.24) is 0 Å². The average Bonchev–Trinajstić information content (AvgIpc) is 2.19. The molecule has 1 heterocycles. The van der Waals surface area contributed by atoms with Gasteiger partial charge in [-0.2, -0.15) is 0 Å². The summed E-state index contributed by atoms with van der Waals surface area (Å²) in [6.45, 7) is 0.591. The Morgan fingerprint density at radius 1 is 1.36 bits per heavy atom. The van der Waals surface area contributed by atoms with Crippen molar-refractivity contribution < 1.29 is 14.2 Å². The Morgan fingerprint density at radius 2 is 2.07 bits per heavy atom. The number of hydrogen-bond donors (Lipinski definition) is 1. The van der Waals surface area contributed by atoms with E-state index < -0.39 is 6.23 Å². The summed E-state index contributed by atoms with van der Waals surface area (Å²) in [6.07, 6.45) is -0.802. The predicted octanol–water partition coefficient (Wildman–Crippen LogP) is 0.963. The topological polar surface area (TPSA) is 41.8 Å². The predicted molar refractivity (Wildman–Crippen MR) is 49.8 cm³/mol. The van der Waals surface area contributed by atoms with Crippen molar-refractivity contribution in [2.45, 2.75) is 6.23 Å². The van der Waals surface area contributed by atoms with Gasteiger partial charge in [0, 0.05) is 0 Å². The molecule has 0 aromatic heterocycles. The molecule has 14 heavy (non-hydrogen) atoms. The number of aliphatic imine (C=N–C) groups is 1. The zero-order valence-corrected chi connectivity index (χ0v) is 7.48. The Bertz CT molecular complexity index is 348. The van der Waals surface area contributed by atoms with E-state index in [1.54, 1.807) is 12.1 Å². The van der Waals surface area contributed by atoms with Gasteiger partial charge in [-0.1, -0.05) is 12.1 Å². The molecule has 2 rings (SSSR count). The number of aliphatic hydroxyl groups excluding tert-OH is 1. The average molecular weight is 195 g/mol. The Balaban J connectivity index is 2.26. The third-order valence-electron chi connectivity index (χ3n) is 1.99. The summed E-state index contributed by atoms with van der Waals surface area (Å²) in [5.74, 6) is -0.286. The minimum atomic E-state index is -0.802. The van der Waals surface area contributed by atoms with Crippen LogP contribution >= 0.6 is 0 Å². The third-order valence-corrected chi connectivity index (χ3v) is 1.99. The summed E-state index contributed by atoms with van der Waals surface area (Å²) in [4.78, 5) is 4.01. The van der Waals surface area contributed by atoms with E-state index in [4.69, 9.17) is 4.74 Å². The number of benzene rings is 1. The highest BCUT2D eigenvalue weighted by atomic mass is 19.1. The highest BCUT2D eigenvalue weighted by Gasteiger charge is 2.13. The molecular weight excluding hydrogens is 185 g/mol. The Labute approximate surface area is 80.9 Å². The number of ether oxygens (including phenoxy) is 1. The first-order chi connectivity index (χ1) is 6.75. The lowest BCUT2D eigenvalue weighted by Gasteiger charge is -2.16. The van der Waals surface area contributed by atoms with E-state index in [2.05, 4.69) is 4.99 Å². The van der Waals surface area contributed by atoms with E-state index in [0.717, 1.165) is 5.56 Å². The quantitative estimate of drug-likeness (QED) is 0.725. The summed E-state index contributed by atoms with van der Waals surface area (Å²) in [6, 6.07) is 5.96. The Kier molecular flexibility index (Phi) is 2.56. The molecule has 1 aromatic rings. The van der Waals surface area contributed by atoms with Crippen molar-refractivity contribution in [3.63, 3.8) is 0 Å². The zero-order chi connectivity index (χ0) is 9.97. The van der Waals surface area contributed by atoms with Crippen LogP contribution in [0.5, 0.6) is 0 Å². The van der Waals surface area contributed by atoms with E-state index in [1.807, 2.05) is 0 Å². The number of nitrogens with zero attached hydrogens (tertiary/aromatic N) is 1. The molecule has 0 spiro atoms. The fraction of sp³-hybridized carbons (Fsp3) is 0.300. The van der Waals surface area contributed by atoms with Crippen LogP contribution in [0.4, 0.5) is 4.39 Å². The van der Waals surface area contributed by atoms with Gasteiger partial charge in [0.25, 0.3) is 0 Å². The second-order valence-electron chi connectivity index (χ2n) is 3.08. The van der Waals surface area contributed by atoms with E-state index >= 15 is 0 Å². The molecule has 3 nitrogen and oxygen atoms in total. The molecule has 1 N–H and O–H groups in total. The summed E-state index contributed by atoms with van der Waals surface area (Å²) in [5.41, 5.74) is 1.44. The fourth-order valence-corrected chi connectivity index (χ4v) is 1.32. The zero-order valence-electron chi connectivity index (χ0n) is 7.48. The molecule has 0 fully saturated rings. The van der Waals surface area contributed by atoms with Gasteiger partial charge in [0.1, 0.15) is 5.82 Å². The molecule has 1 aliphatic rings. The molecule has 0 amide bonds. The van der Waals surface area contributed by atoms with Gasteiger partial charge in [0.15, 0.2) is 6.23 Å². The van der Waals surface area contributed by atoms with Crippen LogP contribution in [0.1, 0.15) is 5.56 Å². The van der Waals surface area contributed by atoms with E-state index in [1.165, 1.54) is 12.1 Å². The Hall–Kier alpha value is -1.26. The number of rotatable bonds is 1. The molecule has 0 unspecified atom stereocenters. The first-order valence-corrected chi connectivity index (χ1v) is 4.34. The van der Waals surface area contributed by atoms with Crippen LogP contribution in [-0.2, 0) is 4.74 Å². The maximum absolute atomic E-state index is 12.6. The van der Waals surface area contributed by atoms with Gasteiger partial charge in [0.05, 0.1) is 18.9 Å². The molecule has 0 saturated heterocycles. The van der Waals surface area contributed by atoms with Gasteiger partial charge in [0.2, 0.25) is 0 Å². The van der Waals surface area contributed by atoms with Gasteiger partial charge in [-0.3, -0.25) is 4.99 Å². The normalized spacial score (nSPS) is 21.9. The highest BCUT2D eigenvalue weighted by Crippen LogP contribution is 2.09. The number of aliphatic hydroxyl groups is 1. The van der Waals surface area contributed by atoms with Crippen LogP contribution in [0.15, 0.2) is 29.3 Å². The number of halogens is 1. The van der Waals surface area contributed by atoms with Crippen LogP contribution < -0.4 is 0 Å². The van der Waals surface area contributed by atoms with Crippen LogP contribution in [0.2, 0.25) is 0 Å². The second kappa shape index (κ2) is 3.86. The van der Waals surface area contributed by atoms with Gasteiger partial charge < -0.3 is 9.84 Å². The smallest absolute Gasteiger partial charge is 0.168 e. The minimum absolute atomic E-state index is 0.227. The molecule has 0 saturated carbocycles. The van der Waals surface area contributed by atoms with Crippen molar-refractivity contribution in [2.24, 2.45) is 4.99 Å². The third kappa shape index (κ3) is 1.97. The summed E-state index contributed by atoms with van der Waals surface area (Å²) in [7, 11) is 0. The molecule has 0 radical (unpaired) electrons. The van der Waals surface area contributed by atoms with E-state index in [0.29, 0.717) is 12.3 Å². The first-order valence-electron chi connectivity index (χ1n) is 4.34. The maximum atomic E-state index is 12.6. The van der Waals surface area contributed by atoms with Gasteiger partial charge in [-0.15, -0.1) is 0 Å². The lowest BCUT2D eigenvalue weighted by molar-refractivity contribution is 0.0465. The van der Waals surface area contributed by atoms with Crippen molar-refractivity contribution in [3.05, 3.63) is 35.6 Å². The standard InChI is InChI=1S/C10H10FNO2/c11-8-3-1-7(2-4-8)9-5-14-6-10(13)12-9/h1-4,10,13H,5-6H2/t10-/m0/s1. The molecular formula is C10H10FNO2. The minimum Gasteiger partial charge on any atom is -0.370 e. The molecule has 0 bridgehead atoms. The lowest BCUT2D eigenvalue weighted by Crippen LogP contribution is -2.26. The van der Waals surface area contributed by atoms with Crippen molar-refractivity contribution in [2.75, 3.05) is 13.2 Å². The van der Waals surface area contributed by atoms with E-state index in [-0.39, 0.29) is 12.4 Å². The molecule has 1 aromatic carbocycles. The van der Waals surface area contributed by atoms with Crippen LogP contribution in [-0.4, -0.2) is 30.3 Å². The highest BCUT2D eigenvalue weighted by molar-refractivity contribution is 6.01. The molecule has 4 heteroatoms. The maximum Gasteiger partial charge on any atom is 0.168 e. The first kappa shape index (κ1) is 9.30. The SMILES string of the molecule is O[C@H]1COCC(c2ccc(F)cc2)=N1. The summed E-state index contributed by atoms with van der Waals surface area (Å²) >= 11 is 0. The van der Waals surface area contributed by atoms with Crippen LogP contribution in [0.25, 0.3) is 0 Å². The van der Waals surface area contributed by atoms with Crippen molar-refractivity contribution in [1.29, 1.82) is 0 Å². The fourth-order valence-electron chi connectivity index (χ4n) is 1.32. The summed E-state index contributed by atoms with van der Waals surface area (Å²) < 4.78 is 17.7. The van der Waals surface area contributed by atoms with Gasteiger partial charge in [-0.05, 0) is 17.7 Å². The largest absolute Gasteiger partial charge is 0.370 e. The van der Waals surface area contributed by atoms with Crippen molar-refractivity contribution >= 4 is 5.71 Å². The van der Waals surface area contributed by atoms with Gasteiger partial charge in [-0.25, -0.2) is 4.39 Å². The molecule has 1 atom stereocenters. The molecule has 74 valence electrons. The van der Waals surface area contributed by atoms with Gasteiger partial charge >= 0.3 is 0 Å².